The van der Waals surface area contributed by atoms with E-state index in [9.17, 15) is 9.59 Å². The van der Waals surface area contributed by atoms with Gasteiger partial charge in [-0.3, -0.25) is 9.59 Å². The summed E-state index contributed by atoms with van der Waals surface area (Å²) in [4.78, 5) is 24.4. The molecule has 2 aliphatic rings. The van der Waals surface area contributed by atoms with Crippen LogP contribution in [0.15, 0.2) is 24.3 Å². The zero-order chi connectivity index (χ0) is 17.6. The summed E-state index contributed by atoms with van der Waals surface area (Å²) < 4.78 is 4.82. The third-order valence-corrected chi connectivity index (χ3v) is 5.53. The maximum absolute atomic E-state index is 12.8. The Morgan fingerprint density at radius 1 is 1.16 bits per heavy atom. The van der Waals surface area contributed by atoms with E-state index in [0.717, 1.165) is 56.3 Å². The summed E-state index contributed by atoms with van der Waals surface area (Å²) in [5.41, 5.74) is 1.93. The van der Waals surface area contributed by atoms with Gasteiger partial charge in [-0.15, -0.1) is 0 Å². The van der Waals surface area contributed by atoms with Crippen LogP contribution < -0.4 is 10.6 Å². The smallest absolute Gasteiger partial charge is 0.308 e. The van der Waals surface area contributed by atoms with Crippen LogP contribution in [0.5, 0.6) is 0 Å². The normalized spacial score (nSPS) is 26.2. The number of hydrogen-bond acceptors (Lipinski definition) is 4. The van der Waals surface area contributed by atoms with E-state index in [0.29, 0.717) is 5.92 Å². The minimum absolute atomic E-state index is 0.0136. The molecule has 0 aromatic heterocycles. The molecule has 25 heavy (non-hydrogen) atoms. The van der Waals surface area contributed by atoms with Gasteiger partial charge in [-0.25, -0.2) is 0 Å². The zero-order valence-electron chi connectivity index (χ0n) is 14.9. The molecule has 0 spiro atoms. The van der Waals surface area contributed by atoms with Gasteiger partial charge in [0, 0.05) is 11.6 Å². The fraction of sp³-hybridized carbons (Fsp3) is 0.600. The van der Waals surface area contributed by atoms with Crippen LogP contribution in [0.4, 0.5) is 0 Å². The summed E-state index contributed by atoms with van der Waals surface area (Å²) in [5.74, 6) is 0.494. The van der Waals surface area contributed by atoms with Crippen molar-refractivity contribution in [2.75, 3.05) is 20.2 Å². The van der Waals surface area contributed by atoms with Crippen LogP contribution in [0.25, 0.3) is 0 Å². The highest BCUT2D eigenvalue weighted by Gasteiger charge is 2.28. The van der Waals surface area contributed by atoms with Crippen molar-refractivity contribution >= 4 is 11.9 Å². The first-order valence-electron chi connectivity index (χ1n) is 9.34. The van der Waals surface area contributed by atoms with E-state index < -0.39 is 0 Å². The molecule has 1 aliphatic carbocycles. The van der Waals surface area contributed by atoms with Crippen LogP contribution >= 0.6 is 0 Å². The monoisotopic (exact) mass is 344 g/mol. The van der Waals surface area contributed by atoms with E-state index >= 15 is 0 Å². The molecule has 1 saturated heterocycles. The number of carbonyl (C=O) groups is 2. The average Bonchev–Trinajstić information content (AvgIpc) is 3.15. The van der Waals surface area contributed by atoms with Crippen molar-refractivity contribution in [1.29, 1.82) is 0 Å². The number of carbonyl (C=O) groups excluding carboxylic acids is 2. The average molecular weight is 344 g/mol. The van der Waals surface area contributed by atoms with E-state index in [2.05, 4.69) is 16.7 Å². The van der Waals surface area contributed by atoms with Crippen molar-refractivity contribution < 1.29 is 14.3 Å². The lowest BCUT2D eigenvalue weighted by atomic mass is 9.86. The Morgan fingerprint density at radius 2 is 1.92 bits per heavy atom. The Bertz CT molecular complexity index is 603. The van der Waals surface area contributed by atoms with Gasteiger partial charge in [-0.2, -0.15) is 0 Å². The first-order valence-corrected chi connectivity index (χ1v) is 9.34. The Morgan fingerprint density at radius 3 is 2.60 bits per heavy atom. The first kappa shape index (κ1) is 17.9. The minimum atomic E-state index is -0.125. The van der Waals surface area contributed by atoms with E-state index in [4.69, 9.17) is 4.74 Å². The molecule has 1 heterocycles. The van der Waals surface area contributed by atoms with Gasteiger partial charge in [0.05, 0.1) is 13.0 Å². The Hall–Kier alpha value is -1.88. The maximum Gasteiger partial charge on any atom is 0.308 e. The fourth-order valence-electron chi connectivity index (χ4n) is 4.02. The Balaban J connectivity index is 1.57. The number of esters is 1. The Kier molecular flexibility index (Phi) is 6.08. The lowest BCUT2D eigenvalue weighted by Crippen LogP contribution is -2.39. The quantitative estimate of drug-likeness (QED) is 0.805. The Labute approximate surface area is 149 Å². The molecular formula is C20H28N2O3. The van der Waals surface area contributed by atoms with Gasteiger partial charge < -0.3 is 15.4 Å². The van der Waals surface area contributed by atoms with Crippen LogP contribution in [0.2, 0.25) is 0 Å². The van der Waals surface area contributed by atoms with Crippen LogP contribution in [0.1, 0.15) is 48.0 Å². The molecule has 2 fully saturated rings. The summed E-state index contributed by atoms with van der Waals surface area (Å²) >= 11 is 0. The van der Waals surface area contributed by atoms with Gasteiger partial charge in [-0.1, -0.05) is 18.2 Å². The number of amides is 1. The number of ether oxygens (including phenoxy) is 1. The second kappa shape index (κ2) is 8.48. The summed E-state index contributed by atoms with van der Waals surface area (Å²) in [6, 6.07) is 8.08. The van der Waals surface area contributed by atoms with Crippen LogP contribution in [0.3, 0.4) is 0 Å². The van der Waals surface area contributed by atoms with E-state index in [1.165, 1.54) is 13.5 Å². The predicted molar refractivity (Wildman–Crippen MR) is 96.4 cm³/mol. The van der Waals surface area contributed by atoms with Gasteiger partial charge >= 0.3 is 5.97 Å². The molecule has 1 atom stereocenters. The highest BCUT2D eigenvalue weighted by molar-refractivity contribution is 5.95. The number of nitrogens with one attached hydrogen (secondary N) is 2. The molecule has 1 amide bonds. The minimum Gasteiger partial charge on any atom is -0.469 e. The molecule has 2 N–H and O–H groups in total. The zero-order valence-corrected chi connectivity index (χ0v) is 14.9. The molecule has 1 saturated carbocycles. The van der Waals surface area contributed by atoms with Crippen molar-refractivity contribution in [3.8, 4) is 0 Å². The highest BCUT2D eigenvalue weighted by Crippen LogP contribution is 2.26. The topological polar surface area (TPSA) is 67.4 Å². The lowest BCUT2D eigenvalue weighted by molar-refractivity contribution is -0.146. The van der Waals surface area contributed by atoms with Crippen molar-refractivity contribution in [3.63, 3.8) is 0 Å². The summed E-state index contributed by atoms with van der Waals surface area (Å²) in [6.07, 6.45) is 5.36. The van der Waals surface area contributed by atoms with Crippen LogP contribution in [0, 0.1) is 11.8 Å². The number of rotatable bonds is 5. The predicted octanol–water partition coefficient (Wildman–Crippen LogP) is 2.30. The van der Waals surface area contributed by atoms with E-state index in [-0.39, 0.29) is 23.8 Å². The van der Waals surface area contributed by atoms with Gasteiger partial charge in [-0.05, 0) is 69.2 Å². The number of benzene rings is 1. The summed E-state index contributed by atoms with van der Waals surface area (Å²) in [7, 11) is 1.44. The van der Waals surface area contributed by atoms with Crippen LogP contribution in [-0.2, 0) is 16.0 Å². The lowest BCUT2D eigenvalue weighted by Gasteiger charge is -2.28. The first-order chi connectivity index (χ1) is 12.2. The molecule has 136 valence electrons. The maximum atomic E-state index is 12.8. The van der Waals surface area contributed by atoms with Crippen molar-refractivity contribution in [3.05, 3.63) is 35.4 Å². The van der Waals surface area contributed by atoms with Gasteiger partial charge in [0.2, 0.25) is 0 Å². The highest BCUT2D eigenvalue weighted by atomic mass is 16.5. The van der Waals surface area contributed by atoms with Gasteiger partial charge in [0.15, 0.2) is 0 Å². The van der Waals surface area contributed by atoms with E-state index in [1.807, 2.05) is 18.2 Å². The van der Waals surface area contributed by atoms with Gasteiger partial charge in [0.25, 0.3) is 5.91 Å². The SMILES string of the molecule is COC(=O)C1CCC(NC(=O)c2ccccc2CC2CCNC2)CC1. The molecule has 3 rings (SSSR count). The summed E-state index contributed by atoms with van der Waals surface area (Å²) in [5, 5.41) is 6.56. The largest absolute Gasteiger partial charge is 0.469 e. The molecule has 1 aliphatic heterocycles. The van der Waals surface area contributed by atoms with E-state index in [1.54, 1.807) is 0 Å². The molecular weight excluding hydrogens is 316 g/mol. The van der Waals surface area contributed by atoms with Crippen molar-refractivity contribution in [2.24, 2.45) is 11.8 Å². The second-order valence-electron chi connectivity index (χ2n) is 7.27. The molecule has 1 unspecified atom stereocenters. The molecule has 1 aromatic rings. The van der Waals surface area contributed by atoms with Gasteiger partial charge in [0.1, 0.15) is 0 Å². The molecule has 0 bridgehead atoms. The summed E-state index contributed by atoms with van der Waals surface area (Å²) in [6.45, 7) is 2.11. The fourth-order valence-corrected chi connectivity index (χ4v) is 4.02. The molecule has 5 nitrogen and oxygen atoms in total. The number of methoxy groups -OCH3 is 1. The van der Waals surface area contributed by atoms with Crippen molar-refractivity contribution in [1.82, 2.24) is 10.6 Å². The second-order valence-corrected chi connectivity index (χ2v) is 7.27. The standard InChI is InChI=1S/C20H28N2O3/c1-25-20(24)15-6-8-17(9-7-15)22-19(23)18-5-3-2-4-16(18)12-14-10-11-21-13-14/h2-5,14-15,17,21H,6-13H2,1H3,(H,22,23). The third kappa shape index (κ3) is 4.60. The van der Waals surface area contributed by atoms with Crippen molar-refractivity contribution in [2.45, 2.75) is 44.6 Å². The molecule has 0 radical (unpaired) electrons. The van der Waals surface area contributed by atoms with Crippen LogP contribution in [-0.4, -0.2) is 38.1 Å². The third-order valence-electron chi connectivity index (χ3n) is 5.53. The number of hydrogen-bond donors (Lipinski definition) is 2. The molecule has 1 aromatic carbocycles. The molecule has 5 heteroatoms.